The number of aromatic carboxylic acids is 1. The Kier molecular flexibility index (Phi) is 7.63. The fourth-order valence-electron chi connectivity index (χ4n) is 3.08. The van der Waals surface area contributed by atoms with Crippen LogP contribution >= 0.6 is 12.2 Å². The monoisotopic (exact) mass is 495 g/mol. The normalized spacial score (nSPS) is 15.5. The fraction of sp³-hybridized carbons (Fsp3) is 0.263. The Labute approximate surface area is 194 Å². The molecule has 3 rings (SSSR count). The number of ether oxygens (including phenoxy) is 1. The van der Waals surface area contributed by atoms with Crippen molar-refractivity contribution in [2.24, 2.45) is 0 Å². The van der Waals surface area contributed by atoms with E-state index in [-0.39, 0.29) is 28.2 Å². The van der Waals surface area contributed by atoms with Crippen LogP contribution < -0.4 is 20.9 Å². The Morgan fingerprint density at radius 3 is 2.67 bits per heavy atom. The highest BCUT2D eigenvalue weighted by Crippen LogP contribution is 2.28. The summed E-state index contributed by atoms with van der Waals surface area (Å²) in [5.41, 5.74) is 4.23. The third-order valence-corrected chi connectivity index (χ3v) is 6.31. The number of nitro benzene ring substituents is 1. The lowest BCUT2D eigenvalue weighted by Crippen LogP contribution is -2.42. The van der Waals surface area contributed by atoms with Gasteiger partial charge < -0.3 is 15.2 Å². The number of carboxylic acids is 1. The summed E-state index contributed by atoms with van der Waals surface area (Å²) in [6.07, 6.45) is 1.93. The van der Waals surface area contributed by atoms with Crippen molar-refractivity contribution < 1.29 is 28.0 Å². The van der Waals surface area contributed by atoms with Crippen molar-refractivity contribution in [3.05, 3.63) is 58.1 Å². The molecule has 1 heterocycles. The van der Waals surface area contributed by atoms with Crippen LogP contribution in [0.25, 0.3) is 0 Å². The van der Waals surface area contributed by atoms with Crippen molar-refractivity contribution in [1.29, 1.82) is 0 Å². The van der Waals surface area contributed by atoms with Crippen molar-refractivity contribution in [1.82, 2.24) is 10.7 Å². The lowest BCUT2D eigenvalue weighted by atomic mass is 10.2. The maximum atomic E-state index is 12.7. The van der Waals surface area contributed by atoms with Gasteiger partial charge in [0.25, 0.3) is 15.7 Å². The van der Waals surface area contributed by atoms with E-state index in [2.05, 4.69) is 20.9 Å². The summed E-state index contributed by atoms with van der Waals surface area (Å²) >= 11 is 5.12. The summed E-state index contributed by atoms with van der Waals surface area (Å²) < 4.78 is 33.1. The minimum Gasteiger partial charge on any atom is -0.478 e. The molecule has 2 aromatic carbocycles. The van der Waals surface area contributed by atoms with Crippen LogP contribution in [0.5, 0.6) is 0 Å². The number of nitrogens with one attached hydrogen (secondary N) is 4. The maximum Gasteiger partial charge on any atom is 0.337 e. The first kappa shape index (κ1) is 24.2. The van der Waals surface area contributed by atoms with E-state index in [4.69, 9.17) is 17.0 Å². The first-order chi connectivity index (χ1) is 15.7. The Bertz CT molecular complexity index is 1170. The second-order valence-corrected chi connectivity index (χ2v) is 9.08. The summed E-state index contributed by atoms with van der Waals surface area (Å²) in [6, 6.07) is 8.62. The van der Waals surface area contributed by atoms with Gasteiger partial charge >= 0.3 is 5.97 Å². The molecule has 0 bridgehead atoms. The molecule has 0 spiro atoms. The fourth-order valence-corrected chi connectivity index (χ4v) is 4.31. The quantitative estimate of drug-likeness (QED) is 0.196. The van der Waals surface area contributed by atoms with Crippen molar-refractivity contribution >= 4 is 50.4 Å². The van der Waals surface area contributed by atoms with Gasteiger partial charge in [-0.2, -0.15) is 0 Å². The van der Waals surface area contributed by atoms with Gasteiger partial charge in [-0.1, -0.05) is 12.1 Å². The predicted octanol–water partition coefficient (Wildman–Crippen LogP) is 2.06. The van der Waals surface area contributed by atoms with Gasteiger partial charge in [-0.15, -0.1) is 0 Å². The Morgan fingerprint density at radius 2 is 2.00 bits per heavy atom. The minimum atomic E-state index is -4.31. The maximum absolute atomic E-state index is 12.7. The molecule has 1 saturated heterocycles. The van der Waals surface area contributed by atoms with Crippen molar-refractivity contribution in [2.45, 2.75) is 23.8 Å². The molecule has 0 aromatic heterocycles. The number of para-hydroxylation sites is 1. The lowest BCUT2D eigenvalue weighted by molar-refractivity contribution is -0.384. The zero-order valence-electron chi connectivity index (χ0n) is 17.1. The van der Waals surface area contributed by atoms with E-state index in [1.165, 1.54) is 30.3 Å². The Hall–Kier alpha value is -3.49. The minimum absolute atomic E-state index is 0.0221. The van der Waals surface area contributed by atoms with E-state index >= 15 is 0 Å². The molecule has 176 valence electrons. The van der Waals surface area contributed by atoms with Gasteiger partial charge in [-0.25, -0.2) is 13.2 Å². The van der Waals surface area contributed by atoms with Gasteiger partial charge in [0.1, 0.15) is 5.69 Å². The summed E-state index contributed by atoms with van der Waals surface area (Å²) in [5.74, 6) is -1.33. The molecule has 0 radical (unpaired) electrons. The number of rotatable bonds is 9. The number of hydrogen-bond donors (Lipinski definition) is 5. The number of nitrogens with zero attached hydrogens (tertiary/aromatic N) is 1. The lowest BCUT2D eigenvalue weighted by Gasteiger charge is -2.15. The molecule has 2 aromatic rings. The SMILES string of the molecule is O=C(O)c1ccccc1NS(=O)(=O)c1ccc(NNC(=S)NC[C@H]2CCCO2)c([N+](=O)[O-])c1. The van der Waals surface area contributed by atoms with Crippen molar-refractivity contribution in [3.63, 3.8) is 0 Å². The third kappa shape index (κ3) is 6.27. The van der Waals surface area contributed by atoms with E-state index in [0.717, 1.165) is 25.0 Å². The number of carbonyl (C=O) groups is 1. The highest BCUT2D eigenvalue weighted by molar-refractivity contribution is 7.92. The average Bonchev–Trinajstić information content (AvgIpc) is 3.29. The van der Waals surface area contributed by atoms with Crippen LogP contribution in [0.2, 0.25) is 0 Å². The Morgan fingerprint density at radius 1 is 1.24 bits per heavy atom. The molecule has 1 fully saturated rings. The second kappa shape index (κ2) is 10.4. The molecule has 0 unspecified atom stereocenters. The van der Waals surface area contributed by atoms with Gasteiger partial charge in [0, 0.05) is 19.2 Å². The van der Waals surface area contributed by atoms with E-state index in [9.17, 15) is 28.4 Å². The molecule has 0 aliphatic carbocycles. The van der Waals surface area contributed by atoms with Crippen LogP contribution in [0.1, 0.15) is 23.2 Å². The van der Waals surface area contributed by atoms with E-state index in [1.807, 2.05) is 0 Å². The van der Waals surface area contributed by atoms with Crippen molar-refractivity contribution in [3.8, 4) is 0 Å². The zero-order chi connectivity index (χ0) is 24.0. The smallest absolute Gasteiger partial charge is 0.337 e. The number of carboxylic acid groups (broad SMARTS) is 1. The second-order valence-electron chi connectivity index (χ2n) is 6.99. The summed E-state index contributed by atoms with van der Waals surface area (Å²) in [6.45, 7) is 1.18. The van der Waals surface area contributed by atoms with Crippen molar-refractivity contribution in [2.75, 3.05) is 23.3 Å². The first-order valence-electron chi connectivity index (χ1n) is 9.72. The first-order valence-corrected chi connectivity index (χ1v) is 11.6. The van der Waals surface area contributed by atoms with E-state index in [1.54, 1.807) is 0 Å². The number of nitro groups is 1. The largest absolute Gasteiger partial charge is 0.478 e. The number of hydrogen-bond acceptors (Lipinski definition) is 8. The third-order valence-electron chi connectivity index (χ3n) is 4.70. The average molecular weight is 496 g/mol. The van der Waals surface area contributed by atoms with Crippen LogP contribution in [0.15, 0.2) is 47.4 Å². The van der Waals surface area contributed by atoms with Gasteiger partial charge in [-0.3, -0.25) is 25.7 Å². The molecule has 33 heavy (non-hydrogen) atoms. The topological polar surface area (TPSA) is 172 Å². The number of sulfonamides is 1. The molecule has 1 aliphatic heterocycles. The Balaban J connectivity index is 1.73. The zero-order valence-corrected chi connectivity index (χ0v) is 18.7. The molecular weight excluding hydrogens is 474 g/mol. The van der Waals surface area contributed by atoms with E-state index in [0.29, 0.717) is 13.2 Å². The number of benzene rings is 2. The van der Waals surface area contributed by atoms with Gasteiger partial charge in [0.05, 0.1) is 27.2 Å². The van der Waals surface area contributed by atoms with Crippen LogP contribution in [-0.2, 0) is 14.8 Å². The van der Waals surface area contributed by atoms with Crippen LogP contribution in [0.4, 0.5) is 17.1 Å². The summed E-state index contributed by atoms with van der Waals surface area (Å²) in [4.78, 5) is 21.7. The predicted molar refractivity (Wildman–Crippen MR) is 124 cm³/mol. The standard InChI is InChI=1S/C19H21N5O7S2/c25-18(26)14-5-1-2-6-15(14)23-33(29,30)13-7-8-16(17(10-13)24(27)28)21-22-19(32)20-11-12-4-3-9-31-12/h1-2,5-8,10,12,21,23H,3-4,9,11H2,(H,25,26)(H2,20,22,32)/t12-/m1/s1. The molecule has 12 nitrogen and oxygen atoms in total. The highest BCUT2D eigenvalue weighted by Gasteiger charge is 2.23. The molecule has 14 heteroatoms. The van der Waals surface area contributed by atoms with Crippen LogP contribution in [0, 0.1) is 10.1 Å². The van der Waals surface area contributed by atoms with Gasteiger partial charge in [0.15, 0.2) is 5.11 Å². The number of thiocarbonyl (C=S) groups is 1. The van der Waals surface area contributed by atoms with Gasteiger partial charge in [0.2, 0.25) is 0 Å². The number of hydrazine groups is 1. The molecule has 5 N–H and O–H groups in total. The van der Waals surface area contributed by atoms with Crippen LogP contribution in [0.3, 0.4) is 0 Å². The number of anilines is 2. The summed E-state index contributed by atoms with van der Waals surface area (Å²) in [7, 11) is -4.31. The van der Waals surface area contributed by atoms with E-state index < -0.39 is 31.5 Å². The molecular formula is C19H21N5O7S2. The molecule has 1 aliphatic rings. The molecule has 1 atom stereocenters. The highest BCUT2D eigenvalue weighted by atomic mass is 32.2. The molecule has 0 amide bonds. The van der Waals surface area contributed by atoms with Crippen LogP contribution in [-0.4, -0.2) is 48.8 Å². The summed E-state index contributed by atoms with van der Waals surface area (Å²) in [5, 5.41) is 23.9. The molecule has 0 saturated carbocycles. The van der Waals surface area contributed by atoms with Gasteiger partial charge in [-0.05, 0) is 49.3 Å².